The summed E-state index contributed by atoms with van der Waals surface area (Å²) >= 11 is 0. The SMILES string of the molecule is CC(=O)Nc1cccc(-c2cc(C3=NCc4ccnc(OC5CCOCC5)c43)ccn2)c1. The van der Waals surface area contributed by atoms with Gasteiger partial charge in [-0.3, -0.25) is 14.8 Å². The normalized spacial score (nSPS) is 15.7. The van der Waals surface area contributed by atoms with Gasteiger partial charge in [-0.2, -0.15) is 0 Å². The van der Waals surface area contributed by atoms with Crippen molar-refractivity contribution in [3.8, 4) is 17.1 Å². The second-order valence-corrected chi connectivity index (χ2v) is 7.94. The maximum Gasteiger partial charge on any atom is 0.223 e. The molecule has 0 radical (unpaired) electrons. The van der Waals surface area contributed by atoms with Crippen LogP contribution < -0.4 is 10.1 Å². The molecule has 0 bridgehead atoms. The number of anilines is 1. The maximum absolute atomic E-state index is 11.4. The molecule has 0 aliphatic carbocycles. The molecule has 7 nitrogen and oxygen atoms in total. The highest BCUT2D eigenvalue weighted by atomic mass is 16.5. The van der Waals surface area contributed by atoms with Gasteiger partial charge in [0.2, 0.25) is 11.8 Å². The van der Waals surface area contributed by atoms with E-state index in [1.54, 1.807) is 12.4 Å². The predicted octanol–water partition coefficient (Wildman–Crippen LogP) is 4.01. The summed E-state index contributed by atoms with van der Waals surface area (Å²) in [7, 11) is 0. The third-order valence-electron chi connectivity index (χ3n) is 5.61. The maximum atomic E-state index is 11.4. The quantitative estimate of drug-likeness (QED) is 0.664. The number of pyridine rings is 2. The van der Waals surface area contributed by atoms with E-state index in [-0.39, 0.29) is 12.0 Å². The van der Waals surface area contributed by atoms with Gasteiger partial charge in [-0.25, -0.2) is 4.98 Å². The highest BCUT2D eigenvalue weighted by Gasteiger charge is 2.26. The number of hydrogen-bond donors (Lipinski definition) is 1. The third kappa shape index (κ3) is 4.24. The number of carbonyl (C=O) groups is 1. The molecule has 5 rings (SSSR count). The first-order chi connectivity index (χ1) is 15.7. The van der Waals surface area contributed by atoms with Crippen molar-refractivity contribution < 1.29 is 14.3 Å². The van der Waals surface area contributed by atoms with Crippen LogP contribution >= 0.6 is 0 Å². The molecule has 2 aliphatic rings. The molecule has 32 heavy (non-hydrogen) atoms. The van der Waals surface area contributed by atoms with Crippen LogP contribution in [0.15, 0.2) is 59.9 Å². The number of benzene rings is 1. The molecular weight excluding hydrogens is 404 g/mol. The molecule has 1 N–H and O–H groups in total. The van der Waals surface area contributed by atoms with Gasteiger partial charge in [0, 0.05) is 49.0 Å². The van der Waals surface area contributed by atoms with Crippen molar-refractivity contribution >= 4 is 17.3 Å². The van der Waals surface area contributed by atoms with E-state index in [2.05, 4.69) is 15.3 Å². The first kappa shape index (κ1) is 20.3. The van der Waals surface area contributed by atoms with E-state index in [0.717, 1.165) is 52.2 Å². The van der Waals surface area contributed by atoms with Gasteiger partial charge in [-0.1, -0.05) is 12.1 Å². The molecule has 0 spiro atoms. The summed E-state index contributed by atoms with van der Waals surface area (Å²) in [5.41, 5.74) is 6.37. The van der Waals surface area contributed by atoms with E-state index in [4.69, 9.17) is 14.5 Å². The Morgan fingerprint density at radius 2 is 1.91 bits per heavy atom. The Labute approximate surface area is 186 Å². The Kier molecular flexibility index (Phi) is 5.64. The molecule has 7 heteroatoms. The van der Waals surface area contributed by atoms with Crippen molar-refractivity contribution in [3.05, 3.63) is 71.5 Å². The highest BCUT2D eigenvalue weighted by Crippen LogP contribution is 2.32. The van der Waals surface area contributed by atoms with Crippen LogP contribution in [0.4, 0.5) is 5.69 Å². The summed E-state index contributed by atoms with van der Waals surface area (Å²) < 4.78 is 11.7. The van der Waals surface area contributed by atoms with E-state index >= 15 is 0 Å². The molecule has 4 heterocycles. The number of hydrogen-bond acceptors (Lipinski definition) is 6. The standard InChI is InChI=1S/C25H24N4O3/c1-16(30)29-20-4-2-3-17(13-20)22-14-18(5-9-26-22)24-23-19(15-28-24)6-10-27-25(23)32-21-7-11-31-12-8-21/h2-6,9-10,13-14,21H,7-8,11-12,15H2,1H3,(H,29,30). The van der Waals surface area contributed by atoms with Crippen molar-refractivity contribution in [2.24, 2.45) is 4.99 Å². The van der Waals surface area contributed by atoms with Gasteiger partial charge >= 0.3 is 0 Å². The van der Waals surface area contributed by atoms with E-state index < -0.39 is 0 Å². The average molecular weight is 428 g/mol. The number of nitrogens with one attached hydrogen (secondary N) is 1. The lowest BCUT2D eigenvalue weighted by molar-refractivity contribution is -0.114. The first-order valence-electron chi connectivity index (χ1n) is 10.8. The molecular formula is C25H24N4O3. The van der Waals surface area contributed by atoms with Gasteiger partial charge in [-0.15, -0.1) is 0 Å². The summed E-state index contributed by atoms with van der Waals surface area (Å²) in [4.78, 5) is 25.3. The van der Waals surface area contributed by atoms with Gasteiger partial charge in [0.1, 0.15) is 6.10 Å². The molecule has 1 fully saturated rings. The van der Waals surface area contributed by atoms with Gasteiger partial charge in [0.25, 0.3) is 0 Å². The largest absolute Gasteiger partial charge is 0.474 e. The lowest BCUT2D eigenvalue weighted by Gasteiger charge is -2.24. The van der Waals surface area contributed by atoms with Crippen molar-refractivity contribution in [3.63, 3.8) is 0 Å². The Balaban J connectivity index is 1.46. The number of aromatic nitrogens is 2. The average Bonchev–Trinajstić information content (AvgIpc) is 3.25. The monoisotopic (exact) mass is 428 g/mol. The molecule has 2 aromatic heterocycles. The van der Waals surface area contributed by atoms with E-state index in [0.29, 0.717) is 25.6 Å². The summed E-state index contributed by atoms with van der Waals surface area (Å²) in [6.45, 7) is 3.53. The summed E-state index contributed by atoms with van der Waals surface area (Å²) in [5.74, 6) is 0.530. The first-order valence-corrected chi connectivity index (χ1v) is 10.8. The van der Waals surface area contributed by atoms with Crippen LogP contribution in [-0.4, -0.2) is 40.9 Å². The number of carbonyl (C=O) groups excluding carboxylic acids is 1. The molecule has 162 valence electrons. The minimum absolute atomic E-state index is 0.106. The van der Waals surface area contributed by atoms with Gasteiger partial charge < -0.3 is 14.8 Å². The number of rotatable bonds is 5. The molecule has 2 aliphatic heterocycles. The lowest BCUT2D eigenvalue weighted by atomic mass is 10.00. The molecule has 0 saturated carbocycles. The van der Waals surface area contributed by atoms with Crippen LogP contribution in [0.3, 0.4) is 0 Å². The van der Waals surface area contributed by atoms with Crippen molar-refractivity contribution in [2.45, 2.75) is 32.4 Å². The zero-order valence-electron chi connectivity index (χ0n) is 17.9. The van der Waals surface area contributed by atoms with E-state index in [1.807, 2.05) is 42.5 Å². The second-order valence-electron chi connectivity index (χ2n) is 7.94. The zero-order valence-corrected chi connectivity index (χ0v) is 17.9. The molecule has 1 aromatic carbocycles. The van der Waals surface area contributed by atoms with Crippen LogP contribution in [0.1, 0.15) is 36.5 Å². The van der Waals surface area contributed by atoms with Crippen molar-refractivity contribution in [1.82, 2.24) is 9.97 Å². The predicted molar refractivity (Wildman–Crippen MR) is 122 cm³/mol. The number of amides is 1. The Morgan fingerprint density at radius 1 is 1.06 bits per heavy atom. The summed E-state index contributed by atoms with van der Waals surface area (Å²) in [6, 6.07) is 13.6. The Bertz CT molecular complexity index is 1190. The summed E-state index contributed by atoms with van der Waals surface area (Å²) in [6.07, 6.45) is 5.40. The third-order valence-corrected chi connectivity index (χ3v) is 5.61. The van der Waals surface area contributed by atoms with E-state index in [9.17, 15) is 4.79 Å². The minimum Gasteiger partial charge on any atom is -0.474 e. The minimum atomic E-state index is -0.106. The zero-order chi connectivity index (χ0) is 21.9. The van der Waals surface area contributed by atoms with Gasteiger partial charge in [-0.05, 0) is 35.9 Å². The fraction of sp³-hybridized carbons (Fsp3) is 0.280. The van der Waals surface area contributed by atoms with Gasteiger partial charge in [0.15, 0.2) is 0 Å². The lowest BCUT2D eigenvalue weighted by Crippen LogP contribution is -2.27. The van der Waals surface area contributed by atoms with Crippen LogP contribution in [0.2, 0.25) is 0 Å². The fourth-order valence-corrected chi connectivity index (χ4v) is 4.08. The topological polar surface area (TPSA) is 85.7 Å². The van der Waals surface area contributed by atoms with Gasteiger partial charge in [0.05, 0.1) is 36.7 Å². The molecule has 3 aromatic rings. The van der Waals surface area contributed by atoms with Crippen LogP contribution in [0, 0.1) is 0 Å². The Morgan fingerprint density at radius 3 is 2.75 bits per heavy atom. The van der Waals surface area contributed by atoms with Crippen LogP contribution in [-0.2, 0) is 16.1 Å². The molecule has 1 saturated heterocycles. The number of ether oxygens (including phenoxy) is 2. The van der Waals surface area contributed by atoms with Crippen molar-refractivity contribution in [2.75, 3.05) is 18.5 Å². The molecule has 1 amide bonds. The van der Waals surface area contributed by atoms with Crippen LogP contribution in [0.5, 0.6) is 5.88 Å². The number of nitrogens with zero attached hydrogens (tertiary/aromatic N) is 3. The van der Waals surface area contributed by atoms with E-state index in [1.165, 1.54) is 6.92 Å². The number of fused-ring (bicyclic) bond motifs is 1. The highest BCUT2D eigenvalue weighted by molar-refractivity contribution is 6.16. The van der Waals surface area contributed by atoms with Crippen molar-refractivity contribution in [1.29, 1.82) is 0 Å². The smallest absolute Gasteiger partial charge is 0.223 e. The molecule has 0 atom stereocenters. The fourth-order valence-electron chi connectivity index (χ4n) is 4.08. The number of aliphatic imine (C=N–C) groups is 1. The summed E-state index contributed by atoms with van der Waals surface area (Å²) in [5, 5.41) is 2.82. The molecule has 0 unspecified atom stereocenters. The Hall–Kier alpha value is -3.58. The van der Waals surface area contributed by atoms with Crippen LogP contribution in [0.25, 0.3) is 11.3 Å². The second kappa shape index (κ2) is 8.88.